The number of carbonyl (C=O) groups is 2. The van der Waals surface area contributed by atoms with Gasteiger partial charge in [0.25, 0.3) is 0 Å². The molecule has 2 aliphatic rings. The molecule has 1 unspecified atom stereocenters. The Morgan fingerprint density at radius 2 is 2.05 bits per heavy atom. The molecule has 0 bridgehead atoms. The van der Waals surface area contributed by atoms with Crippen molar-refractivity contribution in [3.05, 3.63) is 70.9 Å². The number of anilines is 1. The van der Waals surface area contributed by atoms with E-state index >= 15 is 0 Å². The van der Waals surface area contributed by atoms with Gasteiger partial charge in [-0.2, -0.15) is 0 Å². The Bertz CT molecular complexity index is 1270. The molecule has 1 aliphatic heterocycles. The van der Waals surface area contributed by atoms with Crippen LogP contribution < -0.4 is 5.32 Å². The lowest BCUT2D eigenvalue weighted by Crippen LogP contribution is -2.55. The van der Waals surface area contributed by atoms with Crippen LogP contribution in [0.25, 0.3) is 5.57 Å². The highest BCUT2D eigenvalue weighted by Gasteiger charge is 2.31. The van der Waals surface area contributed by atoms with Crippen LogP contribution in [-0.4, -0.2) is 58.6 Å². The van der Waals surface area contributed by atoms with Crippen LogP contribution in [0.2, 0.25) is 5.02 Å². The standard InChI is InChI=1S/C30H36ClN5O2/c1-5-27(38)35-15-16-36(21(4)18-35)30(33-26-14-10-9-13-23(26)20(2)3)24-17-25(31)28(34-29(24)32-19-37)22-11-7-6-8-12-22/h5,9-11,13-14,17,19-21H,1,6-8,12,15-16,18H2,2-4H3,(H,32,34,37). The minimum Gasteiger partial charge on any atom is -0.350 e. The molecule has 4 rings (SSSR count). The quantitative estimate of drug-likeness (QED) is 0.199. The monoisotopic (exact) mass is 533 g/mol. The number of pyridine rings is 1. The summed E-state index contributed by atoms with van der Waals surface area (Å²) in [5.74, 6) is 1.27. The largest absolute Gasteiger partial charge is 0.350 e. The smallest absolute Gasteiger partial charge is 0.246 e. The molecule has 1 aromatic carbocycles. The van der Waals surface area contributed by atoms with Gasteiger partial charge in [-0.15, -0.1) is 0 Å². The maximum Gasteiger partial charge on any atom is 0.246 e. The van der Waals surface area contributed by atoms with E-state index in [1.165, 1.54) is 6.08 Å². The lowest BCUT2D eigenvalue weighted by Gasteiger charge is -2.41. The van der Waals surface area contributed by atoms with E-state index in [-0.39, 0.29) is 17.9 Å². The maximum absolute atomic E-state index is 12.3. The van der Waals surface area contributed by atoms with Crippen LogP contribution in [0.4, 0.5) is 11.5 Å². The van der Waals surface area contributed by atoms with Crippen molar-refractivity contribution in [3.63, 3.8) is 0 Å². The van der Waals surface area contributed by atoms with E-state index in [0.717, 1.165) is 42.5 Å². The molecule has 1 aliphatic carbocycles. The number of amidine groups is 1. The minimum absolute atomic E-state index is 0.0406. The molecule has 1 atom stereocenters. The zero-order valence-electron chi connectivity index (χ0n) is 22.4. The first kappa shape index (κ1) is 27.6. The van der Waals surface area contributed by atoms with Gasteiger partial charge in [-0.1, -0.05) is 56.3 Å². The Kier molecular flexibility index (Phi) is 9.00. The van der Waals surface area contributed by atoms with Gasteiger partial charge in [0.1, 0.15) is 11.7 Å². The van der Waals surface area contributed by atoms with Gasteiger partial charge in [0, 0.05) is 25.7 Å². The molecule has 8 heteroatoms. The number of allylic oxidation sites excluding steroid dienone is 2. The van der Waals surface area contributed by atoms with Gasteiger partial charge in [-0.3, -0.25) is 9.59 Å². The average Bonchev–Trinajstić information content (AvgIpc) is 2.93. The van der Waals surface area contributed by atoms with E-state index in [0.29, 0.717) is 54.0 Å². The fraction of sp³-hybridized carbons (Fsp3) is 0.400. The van der Waals surface area contributed by atoms with E-state index in [1.807, 2.05) is 24.3 Å². The summed E-state index contributed by atoms with van der Waals surface area (Å²) in [6, 6.07) is 9.90. The van der Waals surface area contributed by atoms with E-state index < -0.39 is 0 Å². The molecule has 0 saturated carbocycles. The summed E-state index contributed by atoms with van der Waals surface area (Å²) < 4.78 is 0. The summed E-state index contributed by atoms with van der Waals surface area (Å²) in [5, 5.41) is 3.34. The number of piperazine rings is 1. The average molecular weight is 534 g/mol. The number of benzene rings is 1. The van der Waals surface area contributed by atoms with Gasteiger partial charge in [0.15, 0.2) is 0 Å². The molecular weight excluding hydrogens is 498 g/mol. The van der Waals surface area contributed by atoms with E-state index in [2.05, 4.69) is 49.7 Å². The van der Waals surface area contributed by atoms with Crippen molar-refractivity contribution >= 4 is 46.8 Å². The second-order valence-electron chi connectivity index (χ2n) is 10.1. The number of carbonyl (C=O) groups excluding carboxylic acids is 2. The number of aromatic nitrogens is 1. The van der Waals surface area contributed by atoms with Gasteiger partial charge in [-0.05, 0) is 67.9 Å². The van der Waals surface area contributed by atoms with Crippen molar-refractivity contribution in [2.75, 3.05) is 25.0 Å². The summed E-state index contributed by atoms with van der Waals surface area (Å²) in [4.78, 5) is 38.0. The Morgan fingerprint density at radius 3 is 2.71 bits per heavy atom. The summed E-state index contributed by atoms with van der Waals surface area (Å²) >= 11 is 6.87. The highest BCUT2D eigenvalue weighted by atomic mass is 35.5. The third-order valence-corrected chi connectivity index (χ3v) is 7.47. The van der Waals surface area contributed by atoms with E-state index in [9.17, 15) is 9.59 Å². The molecule has 1 fully saturated rings. The van der Waals surface area contributed by atoms with Gasteiger partial charge in [0.05, 0.1) is 22.0 Å². The van der Waals surface area contributed by atoms with Crippen molar-refractivity contribution in [2.24, 2.45) is 4.99 Å². The number of nitrogens with zero attached hydrogens (tertiary/aromatic N) is 4. The molecule has 2 aromatic rings. The number of amides is 2. The van der Waals surface area contributed by atoms with Crippen LogP contribution in [0.5, 0.6) is 0 Å². The maximum atomic E-state index is 12.3. The molecule has 38 heavy (non-hydrogen) atoms. The second kappa shape index (κ2) is 12.4. The number of para-hydroxylation sites is 1. The van der Waals surface area contributed by atoms with Crippen LogP contribution in [0.3, 0.4) is 0 Å². The van der Waals surface area contributed by atoms with Crippen molar-refractivity contribution in [2.45, 2.75) is 58.4 Å². The lowest BCUT2D eigenvalue weighted by atomic mass is 9.96. The number of nitrogens with one attached hydrogen (secondary N) is 1. The molecule has 7 nitrogen and oxygen atoms in total. The second-order valence-corrected chi connectivity index (χ2v) is 10.5. The predicted molar refractivity (Wildman–Crippen MR) is 155 cm³/mol. The van der Waals surface area contributed by atoms with Crippen LogP contribution >= 0.6 is 11.6 Å². The molecule has 200 valence electrons. The molecule has 0 spiro atoms. The molecule has 1 aromatic heterocycles. The first-order chi connectivity index (χ1) is 18.3. The molecule has 2 amide bonds. The molecule has 2 heterocycles. The Morgan fingerprint density at radius 1 is 1.26 bits per heavy atom. The summed E-state index contributed by atoms with van der Waals surface area (Å²) in [5.41, 5.74) is 4.43. The van der Waals surface area contributed by atoms with Crippen LogP contribution in [0.1, 0.15) is 69.2 Å². The molecule has 1 N–H and O–H groups in total. The van der Waals surface area contributed by atoms with Gasteiger partial charge < -0.3 is 15.1 Å². The number of hydrogen-bond acceptors (Lipinski definition) is 4. The molecule has 1 saturated heterocycles. The van der Waals surface area contributed by atoms with Crippen molar-refractivity contribution in [3.8, 4) is 0 Å². The van der Waals surface area contributed by atoms with Crippen molar-refractivity contribution < 1.29 is 9.59 Å². The third-order valence-electron chi connectivity index (χ3n) is 7.18. The Balaban J connectivity index is 1.87. The zero-order chi connectivity index (χ0) is 27.2. The minimum atomic E-state index is -0.0849. The fourth-order valence-corrected chi connectivity index (χ4v) is 5.45. The Hall–Kier alpha value is -3.45. The highest BCUT2D eigenvalue weighted by Crippen LogP contribution is 2.35. The first-order valence-corrected chi connectivity index (χ1v) is 13.7. The van der Waals surface area contributed by atoms with Gasteiger partial charge in [-0.25, -0.2) is 9.98 Å². The van der Waals surface area contributed by atoms with Crippen LogP contribution in [0.15, 0.2) is 54.1 Å². The summed E-state index contributed by atoms with van der Waals surface area (Å²) in [6.45, 7) is 11.6. The predicted octanol–water partition coefficient (Wildman–Crippen LogP) is 6.18. The number of halogens is 1. The van der Waals surface area contributed by atoms with Crippen molar-refractivity contribution in [1.29, 1.82) is 0 Å². The van der Waals surface area contributed by atoms with Crippen molar-refractivity contribution in [1.82, 2.24) is 14.8 Å². The SMILES string of the molecule is C=CC(=O)N1CCN(C(=Nc2ccccc2C(C)C)c2cc(Cl)c(C3=CCCCC3)nc2NC=O)C(C)C1. The topological polar surface area (TPSA) is 77.9 Å². The zero-order valence-corrected chi connectivity index (χ0v) is 23.2. The van der Waals surface area contributed by atoms with Crippen LogP contribution in [0, 0.1) is 0 Å². The summed E-state index contributed by atoms with van der Waals surface area (Å²) in [6.07, 6.45) is 8.33. The number of hydrogen-bond donors (Lipinski definition) is 1. The fourth-order valence-electron chi connectivity index (χ4n) is 5.18. The number of rotatable bonds is 7. The Labute approximate surface area is 230 Å². The normalized spacial score (nSPS) is 18.3. The third kappa shape index (κ3) is 5.99. The van der Waals surface area contributed by atoms with E-state index in [4.69, 9.17) is 21.6 Å². The molecule has 0 radical (unpaired) electrons. The van der Waals surface area contributed by atoms with E-state index in [1.54, 1.807) is 4.90 Å². The van der Waals surface area contributed by atoms with Crippen LogP contribution in [-0.2, 0) is 9.59 Å². The number of aliphatic imine (C=N–C) groups is 1. The first-order valence-electron chi connectivity index (χ1n) is 13.3. The summed E-state index contributed by atoms with van der Waals surface area (Å²) in [7, 11) is 0. The highest BCUT2D eigenvalue weighted by molar-refractivity contribution is 6.32. The van der Waals surface area contributed by atoms with Gasteiger partial charge >= 0.3 is 0 Å². The van der Waals surface area contributed by atoms with Gasteiger partial charge in [0.2, 0.25) is 12.3 Å². The molecular formula is C30H36ClN5O2. The lowest BCUT2D eigenvalue weighted by molar-refractivity contribution is -0.128.